The van der Waals surface area contributed by atoms with Crippen LogP contribution in [0.2, 0.25) is 0 Å². The minimum Gasteiger partial charge on any atom is -0.492 e. The number of ether oxygens (including phenoxy) is 1. The molecule has 0 atom stereocenters. The Kier molecular flexibility index (Phi) is 8.15. The topological polar surface area (TPSA) is 105 Å². The molecule has 1 aromatic carbocycles. The van der Waals surface area contributed by atoms with Gasteiger partial charge in [0.25, 0.3) is 0 Å². The van der Waals surface area contributed by atoms with Gasteiger partial charge in [-0.3, -0.25) is 9.59 Å². The van der Waals surface area contributed by atoms with Crippen molar-refractivity contribution in [1.29, 1.82) is 0 Å². The number of hydrogen-bond acceptors (Lipinski definition) is 6. The summed E-state index contributed by atoms with van der Waals surface area (Å²) < 4.78 is 7.19. The Bertz CT molecular complexity index is 864. The van der Waals surface area contributed by atoms with Gasteiger partial charge in [-0.05, 0) is 31.9 Å². The molecule has 0 spiro atoms. The molecule has 162 valence electrons. The van der Waals surface area contributed by atoms with E-state index in [4.69, 9.17) is 4.74 Å². The Labute approximate surface area is 180 Å². The lowest BCUT2D eigenvalue weighted by Crippen LogP contribution is -2.35. The second-order valence-corrected chi connectivity index (χ2v) is 8.03. The minimum atomic E-state index is -0.224. The molecule has 0 saturated heterocycles. The predicted molar refractivity (Wildman–Crippen MR) is 116 cm³/mol. The highest BCUT2D eigenvalue weighted by atomic mass is 32.2. The lowest BCUT2D eigenvalue weighted by molar-refractivity contribution is -0.122. The number of rotatable bonds is 10. The fourth-order valence-corrected chi connectivity index (χ4v) is 4.25. The zero-order chi connectivity index (χ0) is 21.3. The number of anilines is 1. The average molecular weight is 433 g/mol. The number of aromatic nitrogens is 2. The van der Waals surface area contributed by atoms with Crippen LogP contribution in [0.15, 0.2) is 35.6 Å². The highest BCUT2D eigenvalue weighted by Crippen LogP contribution is 2.25. The molecule has 9 heteroatoms. The van der Waals surface area contributed by atoms with Gasteiger partial charge < -0.3 is 25.0 Å². The number of amides is 2. The quantitative estimate of drug-likeness (QED) is 0.499. The molecule has 0 unspecified atom stereocenters. The van der Waals surface area contributed by atoms with Gasteiger partial charge in [0.2, 0.25) is 11.8 Å². The SMILES string of the molecule is CCOc1ccccc1NC(=O)CSc1ncc(CO)n1CC(=O)NC1CCCC1. The number of imidazole rings is 1. The molecular formula is C21H28N4O4S. The Hall–Kier alpha value is -2.52. The molecule has 3 N–H and O–H groups in total. The molecule has 2 aromatic rings. The first kappa shape index (κ1) is 22.2. The number of benzene rings is 1. The van der Waals surface area contributed by atoms with E-state index in [0.717, 1.165) is 25.7 Å². The van der Waals surface area contributed by atoms with Crippen LogP contribution in [-0.2, 0) is 22.7 Å². The zero-order valence-electron chi connectivity index (χ0n) is 17.1. The van der Waals surface area contributed by atoms with Crippen LogP contribution >= 0.6 is 11.8 Å². The van der Waals surface area contributed by atoms with Crippen LogP contribution in [0.1, 0.15) is 38.3 Å². The van der Waals surface area contributed by atoms with Crippen molar-refractivity contribution in [3.05, 3.63) is 36.2 Å². The largest absolute Gasteiger partial charge is 0.492 e. The highest BCUT2D eigenvalue weighted by Gasteiger charge is 2.20. The van der Waals surface area contributed by atoms with Gasteiger partial charge in [-0.15, -0.1) is 0 Å². The second-order valence-electron chi connectivity index (χ2n) is 7.09. The molecule has 1 saturated carbocycles. The Morgan fingerprint density at radius 2 is 2.03 bits per heavy atom. The monoisotopic (exact) mass is 432 g/mol. The molecule has 0 aliphatic heterocycles. The summed E-state index contributed by atoms with van der Waals surface area (Å²) in [5, 5.41) is 16.0. The van der Waals surface area contributed by atoms with E-state index >= 15 is 0 Å². The van der Waals surface area contributed by atoms with E-state index < -0.39 is 0 Å². The Morgan fingerprint density at radius 1 is 1.27 bits per heavy atom. The number of hydrogen-bond donors (Lipinski definition) is 3. The molecular weight excluding hydrogens is 404 g/mol. The fourth-order valence-electron chi connectivity index (χ4n) is 3.46. The van der Waals surface area contributed by atoms with Crippen molar-refractivity contribution >= 4 is 29.3 Å². The second kappa shape index (κ2) is 11.0. The summed E-state index contributed by atoms with van der Waals surface area (Å²) in [6.07, 6.45) is 5.83. The number of thioether (sulfide) groups is 1. The maximum absolute atomic E-state index is 12.4. The number of aliphatic hydroxyl groups is 1. The number of carbonyl (C=O) groups excluding carboxylic acids is 2. The van der Waals surface area contributed by atoms with E-state index in [1.165, 1.54) is 18.0 Å². The normalized spacial score (nSPS) is 13.9. The van der Waals surface area contributed by atoms with Gasteiger partial charge >= 0.3 is 0 Å². The van der Waals surface area contributed by atoms with E-state index in [-0.39, 0.29) is 36.8 Å². The molecule has 1 aliphatic rings. The van der Waals surface area contributed by atoms with Crippen molar-refractivity contribution in [2.24, 2.45) is 0 Å². The predicted octanol–water partition coefficient (Wildman–Crippen LogP) is 2.56. The number of para-hydroxylation sites is 2. The maximum atomic E-state index is 12.4. The van der Waals surface area contributed by atoms with Crippen molar-refractivity contribution < 1.29 is 19.4 Å². The minimum absolute atomic E-state index is 0.0729. The van der Waals surface area contributed by atoms with Gasteiger partial charge in [0.1, 0.15) is 12.3 Å². The van der Waals surface area contributed by atoms with Crippen LogP contribution in [0.3, 0.4) is 0 Å². The third-order valence-corrected chi connectivity index (χ3v) is 5.87. The zero-order valence-corrected chi connectivity index (χ0v) is 17.9. The van der Waals surface area contributed by atoms with Crippen LogP contribution < -0.4 is 15.4 Å². The third kappa shape index (κ3) is 5.99. The molecule has 1 aromatic heterocycles. The average Bonchev–Trinajstić information content (AvgIpc) is 3.38. The molecule has 8 nitrogen and oxygen atoms in total. The third-order valence-electron chi connectivity index (χ3n) is 4.88. The van der Waals surface area contributed by atoms with Crippen molar-refractivity contribution in [2.45, 2.75) is 57.0 Å². The van der Waals surface area contributed by atoms with Crippen molar-refractivity contribution in [2.75, 3.05) is 17.7 Å². The summed E-state index contributed by atoms with van der Waals surface area (Å²) in [6.45, 7) is 2.24. The lowest BCUT2D eigenvalue weighted by atomic mass is 10.2. The molecule has 0 bridgehead atoms. The van der Waals surface area contributed by atoms with E-state index in [9.17, 15) is 14.7 Å². The summed E-state index contributed by atoms with van der Waals surface area (Å²) in [6, 6.07) is 7.49. The number of nitrogens with zero attached hydrogens (tertiary/aromatic N) is 2. The van der Waals surface area contributed by atoms with Crippen molar-refractivity contribution in [3.63, 3.8) is 0 Å². The molecule has 1 fully saturated rings. The van der Waals surface area contributed by atoms with Gasteiger partial charge in [-0.25, -0.2) is 4.98 Å². The van der Waals surface area contributed by atoms with Gasteiger partial charge in [0, 0.05) is 6.04 Å². The van der Waals surface area contributed by atoms with Gasteiger partial charge in [-0.1, -0.05) is 36.7 Å². The van der Waals surface area contributed by atoms with Gasteiger partial charge in [0.15, 0.2) is 5.16 Å². The van der Waals surface area contributed by atoms with Gasteiger partial charge in [-0.2, -0.15) is 0 Å². The molecule has 1 heterocycles. The van der Waals surface area contributed by atoms with Crippen LogP contribution in [0.25, 0.3) is 0 Å². The fraction of sp³-hybridized carbons (Fsp3) is 0.476. The first-order chi connectivity index (χ1) is 14.6. The standard InChI is InChI=1S/C21H28N4O4S/c1-2-29-18-10-6-5-9-17(18)24-20(28)14-30-21-22-11-16(13-26)25(21)12-19(27)23-15-7-3-4-8-15/h5-6,9-11,15,26H,2-4,7-8,12-14H2,1H3,(H,23,27)(H,24,28). The summed E-state index contributed by atoms with van der Waals surface area (Å²) in [5.41, 5.74) is 1.15. The van der Waals surface area contributed by atoms with E-state index in [0.29, 0.717) is 28.9 Å². The molecule has 1 aliphatic carbocycles. The summed E-state index contributed by atoms with van der Waals surface area (Å²) in [5.74, 6) is 0.423. The molecule has 3 rings (SSSR count). The van der Waals surface area contributed by atoms with E-state index in [1.54, 1.807) is 16.7 Å². The first-order valence-corrected chi connectivity index (χ1v) is 11.2. The van der Waals surface area contributed by atoms with Crippen LogP contribution in [0.4, 0.5) is 5.69 Å². The highest BCUT2D eigenvalue weighted by molar-refractivity contribution is 7.99. The van der Waals surface area contributed by atoms with Crippen LogP contribution in [-0.4, -0.2) is 44.9 Å². The summed E-state index contributed by atoms with van der Waals surface area (Å²) in [4.78, 5) is 29.1. The summed E-state index contributed by atoms with van der Waals surface area (Å²) >= 11 is 1.22. The summed E-state index contributed by atoms with van der Waals surface area (Å²) in [7, 11) is 0. The first-order valence-electron chi connectivity index (χ1n) is 10.2. The molecule has 2 amide bonds. The maximum Gasteiger partial charge on any atom is 0.240 e. The number of nitrogens with one attached hydrogen (secondary N) is 2. The van der Waals surface area contributed by atoms with Crippen molar-refractivity contribution in [1.82, 2.24) is 14.9 Å². The molecule has 30 heavy (non-hydrogen) atoms. The van der Waals surface area contributed by atoms with Crippen LogP contribution in [0, 0.1) is 0 Å². The van der Waals surface area contributed by atoms with Crippen molar-refractivity contribution in [3.8, 4) is 5.75 Å². The molecule has 0 radical (unpaired) electrons. The number of carbonyl (C=O) groups is 2. The lowest BCUT2D eigenvalue weighted by Gasteiger charge is -2.15. The van der Waals surface area contributed by atoms with E-state index in [2.05, 4.69) is 15.6 Å². The smallest absolute Gasteiger partial charge is 0.240 e. The van der Waals surface area contributed by atoms with E-state index in [1.807, 2.05) is 19.1 Å². The Balaban J connectivity index is 1.59. The number of aliphatic hydroxyl groups excluding tert-OH is 1. The Morgan fingerprint density at radius 3 is 2.77 bits per heavy atom. The van der Waals surface area contributed by atoms with Crippen LogP contribution in [0.5, 0.6) is 5.75 Å². The van der Waals surface area contributed by atoms with Gasteiger partial charge in [0.05, 0.1) is 36.5 Å².